The van der Waals surface area contributed by atoms with Gasteiger partial charge >= 0.3 is 0 Å². The van der Waals surface area contributed by atoms with Crippen LogP contribution >= 0.6 is 15.9 Å². The molecule has 0 amide bonds. The molecular formula is C16H15BrFNO. The highest BCUT2D eigenvalue weighted by atomic mass is 79.9. The van der Waals surface area contributed by atoms with E-state index in [-0.39, 0.29) is 18.0 Å². The number of hydrogen-bond donors (Lipinski definition) is 1. The van der Waals surface area contributed by atoms with E-state index in [4.69, 9.17) is 5.73 Å². The van der Waals surface area contributed by atoms with Crippen molar-refractivity contribution in [2.24, 2.45) is 5.73 Å². The van der Waals surface area contributed by atoms with Gasteiger partial charge in [-0.05, 0) is 42.3 Å². The zero-order valence-electron chi connectivity index (χ0n) is 10.9. The average molecular weight is 336 g/mol. The molecule has 0 aliphatic rings. The van der Waals surface area contributed by atoms with E-state index in [1.807, 2.05) is 18.2 Å². The molecule has 0 spiro atoms. The quantitative estimate of drug-likeness (QED) is 0.849. The minimum Gasteiger partial charge on any atom is -0.330 e. The number of nitrogens with two attached hydrogens (primary N) is 1. The fourth-order valence-corrected chi connectivity index (χ4v) is 2.50. The Balaban J connectivity index is 2.26. The molecule has 4 heteroatoms. The number of carbonyl (C=O) groups is 1. The van der Waals surface area contributed by atoms with E-state index in [0.29, 0.717) is 24.1 Å². The van der Waals surface area contributed by atoms with Crippen LogP contribution in [0.15, 0.2) is 46.9 Å². The first-order valence-corrected chi connectivity index (χ1v) is 7.16. The van der Waals surface area contributed by atoms with E-state index in [9.17, 15) is 9.18 Å². The molecule has 20 heavy (non-hydrogen) atoms. The second-order valence-electron chi connectivity index (χ2n) is 4.53. The summed E-state index contributed by atoms with van der Waals surface area (Å²) in [6, 6.07) is 11.8. The molecule has 0 saturated heterocycles. The second-order valence-corrected chi connectivity index (χ2v) is 5.39. The summed E-state index contributed by atoms with van der Waals surface area (Å²) in [5, 5.41) is 0. The van der Waals surface area contributed by atoms with Crippen molar-refractivity contribution in [2.45, 2.75) is 12.8 Å². The van der Waals surface area contributed by atoms with E-state index in [1.54, 1.807) is 12.1 Å². The van der Waals surface area contributed by atoms with Crippen molar-refractivity contribution in [3.05, 3.63) is 69.4 Å². The lowest BCUT2D eigenvalue weighted by Gasteiger charge is -2.09. The van der Waals surface area contributed by atoms with Crippen molar-refractivity contribution in [1.29, 1.82) is 0 Å². The summed E-state index contributed by atoms with van der Waals surface area (Å²) in [7, 11) is 0. The predicted octanol–water partition coefficient (Wildman–Crippen LogP) is 3.51. The van der Waals surface area contributed by atoms with Crippen LogP contribution in [0, 0.1) is 5.82 Å². The smallest absolute Gasteiger partial charge is 0.167 e. The minimum absolute atomic E-state index is 0.0275. The first kappa shape index (κ1) is 14.9. The lowest BCUT2D eigenvalue weighted by atomic mass is 9.97. The highest BCUT2D eigenvalue weighted by molar-refractivity contribution is 9.10. The predicted molar refractivity (Wildman–Crippen MR) is 81.3 cm³/mol. The molecule has 0 unspecified atom stereocenters. The molecule has 2 rings (SSSR count). The number of ketones is 1. The Hall–Kier alpha value is -1.52. The SMILES string of the molecule is NCCc1ccccc1C(=O)Cc1cc(F)ccc1Br. The molecule has 0 heterocycles. The first-order valence-electron chi connectivity index (χ1n) is 6.37. The molecule has 0 saturated carbocycles. The third kappa shape index (κ3) is 3.52. The van der Waals surface area contributed by atoms with Crippen molar-refractivity contribution in [3.63, 3.8) is 0 Å². The third-order valence-electron chi connectivity index (χ3n) is 3.09. The van der Waals surface area contributed by atoms with Gasteiger partial charge in [0.2, 0.25) is 0 Å². The number of Topliss-reactive ketones (excluding diaryl/α,β-unsaturated/α-hetero) is 1. The maximum atomic E-state index is 13.3. The fourth-order valence-electron chi connectivity index (χ4n) is 2.11. The Morgan fingerprint density at radius 3 is 2.65 bits per heavy atom. The van der Waals surface area contributed by atoms with Gasteiger partial charge in [0.05, 0.1) is 0 Å². The summed E-state index contributed by atoms with van der Waals surface area (Å²) in [6.45, 7) is 0.494. The van der Waals surface area contributed by atoms with Crippen molar-refractivity contribution >= 4 is 21.7 Å². The monoisotopic (exact) mass is 335 g/mol. The summed E-state index contributed by atoms with van der Waals surface area (Å²) in [4.78, 5) is 12.4. The van der Waals surface area contributed by atoms with Gasteiger partial charge in [-0.1, -0.05) is 40.2 Å². The normalized spacial score (nSPS) is 10.6. The maximum absolute atomic E-state index is 13.3. The van der Waals surface area contributed by atoms with Crippen molar-refractivity contribution in [3.8, 4) is 0 Å². The number of rotatable bonds is 5. The van der Waals surface area contributed by atoms with Crippen LogP contribution in [-0.2, 0) is 12.8 Å². The number of halogens is 2. The Morgan fingerprint density at radius 2 is 1.90 bits per heavy atom. The average Bonchev–Trinajstić information content (AvgIpc) is 2.44. The largest absolute Gasteiger partial charge is 0.330 e. The van der Waals surface area contributed by atoms with Crippen molar-refractivity contribution < 1.29 is 9.18 Å². The summed E-state index contributed by atoms with van der Waals surface area (Å²) in [6.07, 6.45) is 0.826. The van der Waals surface area contributed by atoms with E-state index >= 15 is 0 Å². The zero-order chi connectivity index (χ0) is 14.5. The molecule has 0 aromatic heterocycles. The highest BCUT2D eigenvalue weighted by Gasteiger charge is 2.13. The van der Waals surface area contributed by atoms with E-state index in [2.05, 4.69) is 15.9 Å². The lowest BCUT2D eigenvalue weighted by molar-refractivity contribution is 0.0992. The van der Waals surface area contributed by atoms with Crippen LogP contribution in [0.3, 0.4) is 0 Å². The summed E-state index contributed by atoms with van der Waals surface area (Å²) >= 11 is 3.34. The van der Waals surface area contributed by atoms with Crippen LogP contribution in [0.5, 0.6) is 0 Å². The van der Waals surface area contributed by atoms with Crippen LogP contribution in [0.2, 0.25) is 0 Å². The van der Waals surface area contributed by atoms with Gasteiger partial charge in [0.1, 0.15) is 5.82 Å². The van der Waals surface area contributed by atoms with E-state index in [1.165, 1.54) is 12.1 Å². The van der Waals surface area contributed by atoms with Gasteiger partial charge in [0.25, 0.3) is 0 Å². The van der Waals surface area contributed by atoms with Gasteiger partial charge < -0.3 is 5.73 Å². The molecule has 0 fully saturated rings. The molecule has 0 bridgehead atoms. The molecule has 0 aliphatic heterocycles. The molecule has 0 aliphatic carbocycles. The van der Waals surface area contributed by atoms with Crippen LogP contribution in [0.25, 0.3) is 0 Å². The molecule has 2 N–H and O–H groups in total. The van der Waals surface area contributed by atoms with E-state index in [0.717, 1.165) is 10.0 Å². The summed E-state index contributed by atoms with van der Waals surface area (Å²) < 4.78 is 14.0. The number of hydrogen-bond acceptors (Lipinski definition) is 2. The molecule has 0 radical (unpaired) electrons. The Bertz CT molecular complexity index is 628. The van der Waals surface area contributed by atoms with Crippen LogP contribution in [0.4, 0.5) is 4.39 Å². The number of carbonyl (C=O) groups excluding carboxylic acids is 1. The van der Waals surface area contributed by atoms with Crippen LogP contribution in [0.1, 0.15) is 21.5 Å². The molecule has 2 nitrogen and oxygen atoms in total. The summed E-state index contributed by atoms with van der Waals surface area (Å²) in [5.41, 5.74) is 7.81. The van der Waals surface area contributed by atoms with Crippen LogP contribution < -0.4 is 5.73 Å². The van der Waals surface area contributed by atoms with Gasteiger partial charge in [-0.3, -0.25) is 4.79 Å². The van der Waals surface area contributed by atoms with Gasteiger partial charge in [-0.25, -0.2) is 4.39 Å². The van der Waals surface area contributed by atoms with Crippen LogP contribution in [-0.4, -0.2) is 12.3 Å². The van der Waals surface area contributed by atoms with Gasteiger partial charge in [0, 0.05) is 16.5 Å². The maximum Gasteiger partial charge on any atom is 0.167 e. The summed E-state index contributed by atoms with van der Waals surface area (Å²) in [5.74, 6) is -0.369. The lowest BCUT2D eigenvalue weighted by Crippen LogP contribution is -2.11. The Kier molecular flexibility index (Phi) is 5.04. The Morgan fingerprint density at radius 1 is 1.15 bits per heavy atom. The van der Waals surface area contributed by atoms with Gasteiger partial charge in [0.15, 0.2) is 5.78 Å². The zero-order valence-corrected chi connectivity index (χ0v) is 12.5. The number of benzene rings is 2. The molecular weight excluding hydrogens is 321 g/mol. The standard InChI is InChI=1S/C16H15BrFNO/c17-15-6-5-13(18)9-12(15)10-16(20)14-4-2-1-3-11(14)7-8-19/h1-6,9H,7-8,10,19H2. The fraction of sp³-hybridized carbons (Fsp3) is 0.188. The molecule has 104 valence electrons. The first-order chi connectivity index (χ1) is 9.61. The topological polar surface area (TPSA) is 43.1 Å². The van der Waals surface area contributed by atoms with Gasteiger partial charge in [-0.15, -0.1) is 0 Å². The molecule has 0 atom stereocenters. The third-order valence-corrected chi connectivity index (χ3v) is 3.86. The molecule has 2 aromatic carbocycles. The highest BCUT2D eigenvalue weighted by Crippen LogP contribution is 2.21. The van der Waals surface area contributed by atoms with E-state index < -0.39 is 0 Å². The molecule has 2 aromatic rings. The second kappa shape index (κ2) is 6.77. The van der Waals surface area contributed by atoms with Gasteiger partial charge in [-0.2, -0.15) is 0 Å². The van der Waals surface area contributed by atoms with Crippen molar-refractivity contribution in [2.75, 3.05) is 6.54 Å². The minimum atomic E-state index is -0.341. The Labute approximate surface area is 125 Å². The van der Waals surface area contributed by atoms with Crippen molar-refractivity contribution in [1.82, 2.24) is 0 Å².